The van der Waals surface area contributed by atoms with Crippen LogP contribution < -0.4 is 10.3 Å². The maximum atomic E-state index is 14.2. The zero-order valence-electron chi connectivity index (χ0n) is 20.9. The minimum Gasteiger partial charge on any atom is -0.487 e. The lowest BCUT2D eigenvalue weighted by Crippen LogP contribution is -2.23. The van der Waals surface area contributed by atoms with E-state index in [0.717, 1.165) is 11.6 Å². The van der Waals surface area contributed by atoms with Crippen LogP contribution in [0.25, 0.3) is 17.1 Å². The Kier molecular flexibility index (Phi) is 7.25. The summed E-state index contributed by atoms with van der Waals surface area (Å²) in [6.45, 7) is 8.13. The van der Waals surface area contributed by atoms with E-state index in [9.17, 15) is 18.7 Å². The van der Waals surface area contributed by atoms with Crippen molar-refractivity contribution in [1.82, 2.24) is 19.5 Å². The first-order valence-electron chi connectivity index (χ1n) is 11.4. The summed E-state index contributed by atoms with van der Waals surface area (Å²) in [6, 6.07) is 7.28. The predicted octanol–water partition coefficient (Wildman–Crippen LogP) is 5.46. The zero-order chi connectivity index (χ0) is 27.1. The van der Waals surface area contributed by atoms with Crippen molar-refractivity contribution in [3.05, 3.63) is 97.4 Å². The SMILES string of the molecule is Cc1cc(COc2cc(C)n(-c3cc(-c4ccnc(C(C)(C)O)n4)ncc3C)c(=O)c2Br)c(F)cc1F. The van der Waals surface area contributed by atoms with Crippen LogP contribution in [0.5, 0.6) is 5.75 Å². The van der Waals surface area contributed by atoms with Crippen molar-refractivity contribution >= 4 is 15.9 Å². The van der Waals surface area contributed by atoms with Crippen LogP contribution in [0.1, 0.15) is 42.1 Å². The molecule has 192 valence electrons. The summed E-state index contributed by atoms with van der Waals surface area (Å²) in [7, 11) is 0. The molecule has 0 radical (unpaired) electrons. The van der Waals surface area contributed by atoms with Gasteiger partial charge in [0.1, 0.15) is 34.1 Å². The van der Waals surface area contributed by atoms with Gasteiger partial charge in [0.2, 0.25) is 0 Å². The van der Waals surface area contributed by atoms with Gasteiger partial charge >= 0.3 is 0 Å². The van der Waals surface area contributed by atoms with E-state index in [-0.39, 0.29) is 33.8 Å². The number of nitrogens with zero attached hydrogens (tertiary/aromatic N) is 4. The fourth-order valence-corrected chi connectivity index (χ4v) is 4.17. The summed E-state index contributed by atoms with van der Waals surface area (Å²) >= 11 is 3.32. The van der Waals surface area contributed by atoms with Crippen molar-refractivity contribution in [3.8, 4) is 22.8 Å². The summed E-state index contributed by atoms with van der Waals surface area (Å²) < 4.78 is 35.2. The largest absolute Gasteiger partial charge is 0.487 e. The number of pyridine rings is 2. The van der Waals surface area contributed by atoms with E-state index in [1.807, 2.05) is 6.92 Å². The van der Waals surface area contributed by atoms with Gasteiger partial charge in [0.15, 0.2) is 5.82 Å². The maximum absolute atomic E-state index is 14.2. The Morgan fingerprint density at radius 1 is 1.03 bits per heavy atom. The normalized spacial score (nSPS) is 11.6. The number of hydrogen-bond donors (Lipinski definition) is 1. The third-order valence-corrected chi connectivity index (χ3v) is 6.52. The van der Waals surface area contributed by atoms with E-state index in [0.29, 0.717) is 28.3 Å². The number of aryl methyl sites for hydroxylation is 3. The van der Waals surface area contributed by atoms with Crippen LogP contribution in [0.15, 0.2) is 52.0 Å². The fraction of sp³-hybridized carbons (Fsp3) is 0.259. The highest BCUT2D eigenvalue weighted by molar-refractivity contribution is 9.10. The Morgan fingerprint density at radius 2 is 1.76 bits per heavy atom. The average molecular weight is 571 g/mol. The molecule has 0 atom stereocenters. The second-order valence-electron chi connectivity index (χ2n) is 9.27. The first-order valence-corrected chi connectivity index (χ1v) is 12.2. The number of hydrogen-bond acceptors (Lipinski definition) is 6. The summed E-state index contributed by atoms with van der Waals surface area (Å²) in [6.07, 6.45) is 3.18. The van der Waals surface area contributed by atoms with Gasteiger partial charge in [-0.05, 0) is 79.9 Å². The van der Waals surface area contributed by atoms with E-state index in [2.05, 4.69) is 30.9 Å². The van der Waals surface area contributed by atoms with E-state index in [1.165, 1.54) is 17.6 Å². The lowest BCUT2D eigenvalue weighted by atomic mass is 10.1. The van der Waals surface area contributed by atoms with Crippen LogP contribution in [0.4, 0.5) is 8.78 Å². The molecule has 7 nitrogen and oxygen atoms in total. The number of aliphatic hydroxyl groups is 1. The van der Waals surface area contributed by atoms with Gasteiger partial charge in [-0.2, -0.15) is 0 Å². The minimum absolute atomic E-state index is 0.154. The molecule has 0 aliphatic carbocycles. The first-order chi connectivity index (χ1) is 17.4. The van der Waals surface area contributed by atoms with Crippen LogP contribution in [0.3, 0.4) is 0 Å². The molecule has 0 saturated carbocycles. The second kappa shape index (κ2) is 10.1. The van der Waals surface area contributed by atoms with Gasteiger partial charge in [0.25, 0.3) is 5.56 Å². The lowest BCUT2D eigenvalue weighted by Gasteiger charge is -2.18. The fourth-order valence-electron chi connectivity index (χ4n) is 3.76. The quantitative estimate of drug-likeness (QED) is 0.331. The Morgan fingerprint density at radius 3 is 2.46 bits per heavy atom. The predicted molar refractivity (Wildman–Crippen MR) is 139 cm³/mol. The van der Waals surface area contributed by atoms with Gasteiger partial charge in [0.05, 0.1) is 17.1 Å². The summed E-state index contributed by atoms with van der Waals surface area (Å²) in [5.74, 6) is -0.870. The highest BCUT2D eigenvalue weighted by Crippen LogP contribution is 2.28. The molecule has 0 fully saturated rings. The Labute approximate surface area is 221 Å². The topological polar surface area (TPSA) is 90.1 Å². The molecule has 0 aliphatic rings. The maximum Gasteiger partial charge on any atom is 0.273 e. The molecular formula is C27H25BrF2N4O3. The molecule has 3 heterocycles. The number of rotatable bonds is 6. The highest BCUT2D eigenvalue weighted by atomic mass is 79.9. The van der Waals surface area contributed by atoms with E-state index >= 15 is 0 Å². The Balaban J connectivity index is 1.72. The van der Waals surface area contributed by atoms with Crippen molar-refractivity contribution in [2.75, 3.05) is 0 Å². The summed E-state index contributed by atoms with van der Waals surface area (Å²) in [5, 5.41) is 10.3. The van der Waals surface area contributed by atoms with Crippen LogP contribution >= 0.6 is 15.9 Å². The molecule has 0 unspecified atom stereocenters. The second-order valence-corrected chi connectivity index (χ2v) is 10.1. The molecule has 0 spiro atoms. The van der Waals surface area contributed by atoms with Crippen LogP contribution in [-0.4, -0.2) is 24.6 Å². The molecule has 37 heavy (non-hydrogen) atoms. The summed E-state index contributed by atoms with van der Waals surface area (Å²) in [5.41, 5.74) is 1.76. The van der Waals surface area contributed by atoms with E-state index in [4.69, 9.17) is 4.74 Å². The van der Waals surface area contributed by atoms with Crippen molar-refractivity contribution in [2.45, 2.75) is 46.8 Å². The molecule has 1 aromatic carbocycles. The highest BCUT2D eigenvalue weighted by Gasteiger charge is 2.21. The Bertz CT molecular complexity index is 1570. The van der Waals surface area contributed by atoms with Crippen molar-refractivity contribution in [2.24, 2.45) is 0 Å². The summed E-state index contributed by atoms with van der Waals surface area (Å²) in [4.78, 5) is 26.4. The van der Waals surface area contributed by atoms with Gasteiger partial charge in [-0.1, -0.05) is 0 Å². The molecule has 0 aliphatic heterocycles. The number of benzene rings is 1. The number of ether oxygens (including phenoxy) is 1. The van der Waals surface area contributed by atoms with Gasteiger partial charge in [-0.15, -0.1) is 0 Å². The lowest BCUT2D eigenvalue weighted by molar-refractivity contribution is 0.0688. The van der Waals surface area contributed by atoms with Crippen LogP contribution in [0, 0.1) is 32.4 Å². The molecule has 4 rings (SSSR count). The minimum atomic E-state index is -1.23. The van der Waals surface area contributed by atoms with Gasteiger partial charge in [0, 0.05) is 35.8 Å². The molecule has 1 N–H and O–H groups in total. The number of aromatic nitrogens is 4. The van der Waals surface area contributed by atoms with Gasteiger partial charge in [-0.25, -0.2) is 18.7 Å². The van der Waals surface area contributed by atoms with Gasteiger partial charge in [-0.3, -0.25) is 14.3 Å². The third kappa shape index (κ3) is 5.45. The van der Waals surface area contributed by atoms with E-state index in [1.54, 1.807) is 51.4 Å². The van der Waals surface area contributed by atoms with Crippen LogP contribution in [-0.2, 0) is 12.2 Å². The van der Waals surface area contributed by atoms with E-state index < -0.39 is 17.2 Å². The smallest absolute Gasteiger partial charge is 0.273 e. The van der Waals surface area contributed by atoms with Crippen LogP contribution in [0.2, 0.25) is 0 Å². The standard InChI is InChI=1S/C27H25BrF2N4O3/c1-14-8-17(19(30)10-18(14)29)13-37-23-9-16(3)34(25(35)24(23)28)22-11-21(32-12-15(22)2)20-6-7-31-26(33-20)27(4,5)36/h6-12,36H,13H2,1-5H3. The van der Waals surface area contributed by atoms with Crippen molar-refractivity contribution in [1.29, 1.82) is 0 Å². The molecule has 3 aromatic heterocycles. The monoisotopic (exact) mass is 570 g/mol. The first kappa shape index (κ1) is 26.6. The molecule has 0 saturated heterocycles. The molecule has 0 bridgehead atoms. The average Bonchev–Trinajstić information content (AvgIpc) is 2.84. The van der Waals surface area contributed by atoms with Gasteiger partial charge < -0.3 is 9.84 Å². The zero-order valence-corrected chi connectivity index (χ0v) is 22.5. The Hall–Kier alpha value is -3.50. The molecular weight excluding hydrogens is 546 g/mol. The molecule has 0 amide bonds. The molecule has 10 heteroatoms. The van der Waals surface area contributed by atoms with Crippen molar-refractivity contribution < 1.29 is 18.6 Å². The molecule has 4 aromatic rings. The third-order valence-electron chi connectivity index (χ3n) is 5.79. The van der Waals surface area contributed by atoms with Crippen molar-refractivity contribution in [3.63, 3.8) is 0 Å². The number of halogens is 3.